The summed E-state index contributed by atoms with van der Waals surface area (Å²) < 4.78 is 52.7. The van der Waals surface area contributed by atoms with Crippen LogP contribution >= 0.6 is 0 Å². The van der Waals surface area contributed by atoms with Gasteiger partial charge < -0.3 is 0 Å². The molecule has 0 heterocycles. The van der Waals surface area contributed by atoms with Gasteiger partial charge in [-0.2, -0.15) is 0 Å². The molecule has 0 bridgehead atoms. The molecule has 0 aromatic heterocycles. The Kier molecular flexibility index (Phi) is 4.03. The van der Waals surface area contributed by atoms with E-state index < -0.39 is 19.9 Å². The minimum atomic E-state index is -3.74. The summed E-state index contributed by atoms with van der Waals surface area (Å²) in [6, 6.07) is 12.1. The molecule has 2 aromatic carbocycles. The van der Waals surface area contributed by atoms with Gasteiger partial charge in [0.1, 0.15) is 0 Å². The zero-order valence-corrected chi connectivity index (χ0v) is 14.2. The van der Waals surface area contributed by atoms with Crippen molar-refractivity contribution < 1.29 is 16.8 Å². The van der Waals surface area contributed by atoms with Gasteiger partial charge in [-0.25, -0.2) is 21.6 Å². The van der Waals surface area contributed by atoms with Gasteiger partial charge in [-0.3, -0.25) is 0 Å². The maximum Gasteiger partial charge on any atom is 0.241 e. The Bertz CT molecular complexity index is 931. The number of sulfone groups is 1. The molecule has 122 valence electrons. The Balaban J connectivity index is 2.07. The van der Waals surface area contributed by atoms with Gasteiger partial charge in [0.15, 0.2) is 0 Å². The van der Waals surface area contributed by atoms with Gasteiger partial charge in [-0.15, -0.1) is 0 Å². The third kappa shape index (κ3) is 3.31. The van der Waals surface area contributed by atoms with Crippen LogP contribution in [0.15, 0.2) is 63.2 Å². The number of sulfonamides is 1. The molecule has 3 rings (SSSR count). The fourth-order valence-corrected chi connectivity index (χ4v) is 5.21. The lowest BCUT2D eigenvalue weighted by Crippen LogP contribution is -2.26. The second-order valence-corrected chi connectivity index (χ2v) is 9.27. The second-order valence-electron chi connectivity index (χ2n) is 5.64. The molecule has 0 atom stereocenters. The van der Waals surface area contributed by atoms with E-state index in [0.29, 0.717) is 5.56 Å². The quantitative estimate of drug-likeness (QED) is 0.896. The van der Waals surface area contributed by atoms with Crippen LogP contribution < -0.4 is 4.72 Å². The van der Waals surface area contributed by atoms with E-state index in [0.717, 1.165) is 12.8 Å². The lowest BCUT2D eigenvalue weighted by atomic mass is 10.2. The summed E-state index contributed by atoms with van der Waals surface area (Å²) in [5, 5.41) is 0. The predicted molar refractivity (Wildman–Crippen MR) is 86.4 cm³/mol. The highest BCUT2D eigenvalue weighted by atomic mass is 32.2. The van der Waals surface area contributed by atoms with Gasteiger partial charge in [0.25, 0.3) is 0 Å². The van der Waals surface area contributed by atoms with E-state index >= 15 is 0 Å². The molecule has 0 aliphatic heterocycles. The van der Waals surface area contributed by atoms with E-state index in [2.05, 4.69) is 4.72 Å². The normalized spacial score (nSPS) is 15.5. The van der Waals surface area contributed by atoms with Crippen LogP contribution in [0, 0.1) is 6.92 Å². The maximum atomic E-state index is 12.6. The van der Waals surface area contributed by atoms with E-state index in [9.17, 15) is 16.8 Å². The Morgan fingerprint density at radius 3 is 2.17 bits per heavy atom. The third-order valence-corrected chi connectivity index (χ3v) is 7.14. The molecular weight excluding hydrogens is 334 g/mol. The van der Waals surface area contributed by atoms with Crippen LogP contribution in [0.1, 0.15) is 18.4 Å². The SMILES string of the molecule is Cc1ccc(S(=O)(=O)c2ccccc2)cc1S(=O)(=O)NC1CC1. The summed E-state index contributed by atoms with van der Waals surface area (Å²) in [5.41, 5.74) is 0.519. The van der Waals surface area contributed by atoms with Crippen LogP contribution in [-0.4, -0.2) is 22.9 Å². The van der Waals surface area contributed by atoms with Crippen molar-refractivity contribution in [1.82, 2.24) is 4.72 Å². The Labute approximate surface area is 136 Å². The molecule has 1 aliphatic rings. The molecule has 1 saturated carbocycles. The number of nitrogens with one attached hydrogen (secondary N) is 1. The number of hydrogen-bond donors (Lipinski definition) is 1. The van der Waals surface area contributed by atoms with Crippen LogP contribution in [0.4, 0.5) is 0 Å². The second kappa shape index (κ2) is 5.74. The summed E-state index contributed by atoms with van der Waals surface area (Å²) in [6.07, 6.45) is 1.64. The Morgan fingerprint density at radius 1 is 0.913 bits per heavy atom. The Morgan fingerprint density at radius 2 is 1.57 bits per heavy atom. The minimum absolute atomic E-state index is 0.0152. The van der Waals surface area contributed by atoms with Crippen LogP contribution in [0.2, 0.25) is 0 Å². The van der Waals surface area contributed by atoms with E-state index in [4.69, 9.17) is 0 Å². The van der Waals surface area contributed by atoms with Crippen molar-refractivity contribution in [2.75, 3.05) is 0 Å². The number of benzene rings is 2. The maximum absolute atomic E-state index is 12.6. The van der Waals surface area contributed by atoms with E-state index in [-0.39, 0.29) is 20.7 Å². The van der Waals surface area contributed by atoms with Gasteiger partial charge in [0, 0.05) is 6.04 Å². The summed E-state index contributed by atoms with van der Waals surface area (Å²) in [4.78, 5) is 0.134. The molecule has 2 aromatic rings. The molecule has 1 aliphatic carbocycles. The van der Waals surface area contributed by atoms with Gasteiger partial charge in [0.05, 0.1) is 14.7 Å². The van der Waals surface area contributed by atoms with E-state index in [1.807, 2.05) is 0 Å². The predicted octanol–water partition coefficient (Wildman–Crippen LogP) is 2.27. The summed E-state index contributed by atoms with van der Waals surface area (Å²) in [7, 11) is -7.45. The van der Waals surface area contributed by atoms with Crippen LogP contribution in [-0.2, 0) is 19.9 Å². The average molecular weight is 351 g/mol. The highest BCUT2D eigenvalue weighted by Crippen LogP contribution is 2.27. The van der Waals surface area contributed by atoms with Gasteiger partial charge in [-0.05, 0) is 49.6 Å². The fourth-order valence-electron chi connectivity index (χ4n) is 2.26. The monoisotopic (exact) mass is 351 g/mol. The summed E-state index contributed by atoms with van der Waals surface area (Å²) in [6.45, 7) is 1.65. The minimum Gasteiger partial charge on any atom is -0.219 e. The van der Waals surface area contributed by atoms with Crippen molar-refractivity contribution in [3.05, 3.63) is 54.1 Å². The largest absolute Gasteiger partial charge is 0.241 e. The van der Waals surface area contributed by atoms with Crippen molar-refractivity contribution in [3.63, 3.8) is 0 Å². The van der Waals surface area contributed by atoms with Crippen LogP contribution in [0.25, 0.3) is 0 Å². The number of hydrogen-bond acceptors (Lipinski definition) is 4. The lowest BCUT2D eigenvalue weighted by molar-refractivity contribution is 0.580. The van der Waals surface area contributed by atoms with Crippen molar-refractivity contribution in [2.45, 2.75) is 40.5 Å². The lowest BCUT2D eigenvalue weighted by Gasteiger charge is -2.11. The molecule has 1 N–H and O–H groups in total. The highest BCUT2D eigenvalue weighted by Gasteiger charge is 2.30. The molecule has 23 heavy (non-hydrogen) atoms. The van der Waals surface area contributed by atoms with Crippen molar-refractivity contribution >= 4 is 19.9 Å². The molecule has 5 nitrogen and oxygen atoms in total. The first-order chi connectivity index (χ1) is 10.8. The number of aryl methyl sites for hydroxylation is 1. The zero-order valence-electron chi connectivity index (χ0n) is 12.6. The molecule has 0 spiro atoms. The molecule has 1 fully saturated rings. The Hall–Kier alpha value is -1.70. The summed E-state index contributed by atoms with van der Waals surface area (Å²) >= 11 is 0. The molecule has 0 radical (unpaired) electrons. The topological polar surface area (TPSA) is 80.3 Å². The first-order valence-corrected chi connectivity index (χ1v) is 10.2. The van der Waals surface area contributed by atoms with E-state index in [1.165, 1.54) is 30.3 Å². The highest BCUT2D eigenvalue weighted by molar-refractivity contribution is 7.91. The molecule has 0 amide bonds. The molecule has 7 heteroatoms. The average Bonchev–Trinajstić information content (AvgIpc) is 3.31. The van der Waals surface area contributed by atoms with Crippen molar-refractivity contribution in [3.8, 4) is 0 Å². The standard InChI is InChI=1S/C16H17NO4S2/c1-12-7-10-15(22(18,19)14-5-3-2-4-6-14)11-16(12)23(20,21)17-13-8-9-13/h2-7,10-11,13,17H,8-9H2,1H3. The van der Waals surface area contributed by atoms with Crippen molar-refractivity contribution in [1.29, 1.82) is 0 Å². The van der Waals surface area contributed by atoms with Crippen molar-refractivity contribution in [2.24, 2.45) is 0 Å². The molecule has 0 saturated heterocycles. The van der Waals surface area contributed by atoms with Crippen LogP contribution in [0.5, 0.6) is 0 Å². The third-order valence-electron chi connectivity index (χ3n) is 3.71. The molecular formula is C16H17NO4S2. The first kappa shape index (κ1) is 16.2. The van der Waals surface area contributed by atoms with E-state index in [1.54, 1.807) is 25.1 Å². The zero-order chi connectivity index (χ0) is 16.7. The molecule has 0 unspecified atom stereocenters. The number of rotatable bonds is 5. The van der Waals surface area contributed by atoms with Gasteiger partial charge in [0.2, 0.25) is 19.9 Å². The van der Waals surface area contributed by atoms with Crippen LogP contribution in [0.3, 0.4) is 0 Å². The van der Waals surface area contributed by atoms with Gasteiger partial charge in [-0.1, -0.05) is 24.3 Å². The van der Waals surface area contributed by atoms with Gasteiger partial charge >= 0.3 is 0 Å². The fraction of sp³-hybridized carbons (Fsp3) is 0.250. The summed E-state index contributed by atoms with van der Waals surface area (Å²) in [5.74, 6) is 0. The smallest absolute Gasteiger partial charge is 0.219 e. The first-order valence-electron chi connectivity index (χ1n) is 7.24.